The van der Waals surface area contributed by atoms with E-state index in [-0.39, 0.29) is 5.91 Å². The Morgan fingerprint density at radius 3 is 2.27 bits per heavy atom. The number of carbonyl (C=O) groups excluding carboxylic acids is 1. The summed E-state index contributed by atoms with van der Waals surface area (Å²) < 4.78 is 4.84. The van der Waals surface area contributed by atoms with Gasteiger partial charge in [-0.1, -0.05) is 12.1 Å². The average molecular weight is 307 g/mol. The normalized spacial score (nSPS) is 16.9. The fourth-order valence-corrected chi connectivity index (χ4v) is 2.38. The lowest BCUT2D eigenvalue weighted by atomic mass is 10.1. The summed E-state index contributed by atoms with van der Waals surface area (Å²) in [6.07, 6.45) is -2.57. The number of nitrogens with zero attached hydrogens (tertiary/aromatic N) is 2. The van der Waals surface area contributed by atoms with Gasteiger partial charge in [-0.15, -0.1) is 0 Å². The summed E-state index contributed by atoms with van der Waals surface area (Å²) in [6, 6.07) is 6.97. The van der Waals surface area contributed by atoms with Crippen molar-refractivity contribution in [2.45, 2.75) is 6.10 Å². The Morgan fingerprint density at radius 1 is 1.18 bits per heavy atom. The molecule has 0 aliphatic carbocycles. The third-order valence-corrected chi connectivity index (χ3v) is 3.76. The van der Waals surface area contributed by atoms with Crippen molar-refractivity contribution in [2.24, 2.45) is 0 Å². The van der Waals surface area contributed by atoms with Crippen LogP contribution in [0.2, 0.25) is 0 Å². The van der Waals surface area contributed by atoms with Gasteiger partial charge in [0.1, 0.15) is 0 Å². The number of carboxylic acid groups (broad SMARTS) is 1. The predicted octanol–water partition coefficient (Wildman–Crippen LogP) is 1.24. The fourth-order valence-electron chi connectivity index (χ4n) is 2.38. The minimum Gasteiger partial charge on any atom is -0.450 e. The Labute approximate surface area is 129 Å². The Bertz CT molecular complexity index is 524. The Morgan fingerprint density at radius 2 is 1.77 bits per heavy atom. The first-order valence-corrected chi connectivity index (χ1v) is 7.16. The van der Waals surface area contributed by atoms with Gasteiger partial charge < -0.3 is 25.0 Å². The number of piperazine rings is 1. The molecule has 2 N–H and O–H groups in total. The van der Waals surface area contributed by atoms with Gasteiger partial charge in [-0.05, 0) is 19.2 Å². The van der Waals surface area contributed by atoms with Crippen LogP contribution in [0, 0.1) is 0 Å². The molecule has 2 rings (SSSR count). The van der Waals surface area contributed by atoms with Crippen LogP contribution in [0.3, 0.4) is 0 Å². The van der Waals surface area contributed by atoms with E-state index in [1.165, 1.54) is 0 Å². The smallest absolute Gasteiger partial charge is 0.450 e. The van der Waals surface area contributed by atoms with Crippen molar-refractivity contribution in [3.05, 3.63) is 29.8 Å². The van der Waals surface area contributed by atoms with Crippen molar-refractivity contribution in [1.82, 2.24) is 9.80 Å². The van der Waals surface area contributed by atoms with Crippen LogP contribution >= 0.6 is 0 Å². The molecule has 1 atom stereocenters. The molecule has 1 aromatic carbocycles. The predicted molar refractivity (Wildman–Crippen MR) is 81.9 cm³/mol. The van der Waals surface area contributed by atoms with E-state index in [1.54, 1.807) is 36.2 Å². The molecule has 0 spiro atoms. The highest BCUT2D eigenvalue weighted by Gasteiger charge is 2.31. The third kappa shape index (κ3) is 3.88. The van der Waals surface area contributed by atoms with Gasteiger partial charge in [0.15, 0.2) is 0 Å². The minimum absolute atomic E-state index is 0.312. The number of ether oxygens (including phenoxy) is 1. The second-order valence-corrected chi connectivity index (χ2v) is 5.26. The minimum atomic E-state index is -1.45. The molecule has 1 aromatic rings. The first-order valence-electron chi connectivity index (χ1n) is 7.16. The number of carbonyl (C=O) groups is 2. The van der Waals surface area contributed by atoms with E-state index in [2.05, 4.69) is 10.2 Å². The standard InChI is InChI=1S/C15H21N3O4/c1-16-12-5-3-11(4-6-12)13(22-15(20)21)14(19)18-9-7-17(2)8-10-18/h3-6,13,16H,7-10H2,1-2H3,(H,20,21). The SMILES string of the molecule is CNc1ccc(C(OC(=O)O)C(=O)N2CCN(C)CC2)cc1. The third-order valence-electron chi connectivity index (χ3n) is 3.76. The second kappa shape index (κ2) is 7.13. The number of nitrogens with one attached hydrogen (secondary N) is 1. The summed E-state index contributed by atoms with van der Waals surface area (Å²) in [6.45, 7) is 2.68. The first-order chi connectivity index (χ1) is 10.5. The van der Waals surface area contributed by atoms with Crippen LogP contribution in [-0.2, 0) is 9.53 Å². The van der Waals surface area contributed by atoms with Gasteiger partial charge in [0.2, 0.25) is 6.10 Å². The molecule has 1 fully saturated rings. The molecule has 1 heterocycles. The van der Waals surface area contributed by atoms with Crippen molar-refractivity contribution in [3.63, 3.8) is 0 Å². The summed E-state index contributed by atoms with van der Waals surface area (Å²) >= 11 is 0. The Balaban J connectivity index is 2.17. The molecule has 1 aliphatic rings. The van der Waals surface area contributed by atoms with Gasteiger partial charge in [0.05, 0.1) is 0 Å². The zero-order chi connectivity index (χ0) is 16.1. The van der Waals surface area contributed by atoms with E-state index in [9.17, 15) is 9.59 Å². The molecule has 0 radical (unpaired) electrons. The number of hydrogen-bond acceptors (Lipinski definition) is 5. The summed E-state index contributed by atoms with van der Waals surface area (Å²) in [5.74, 6) is -0.312. The molecule has 1 saturated heterocycles. The van der Waals surface area contributed by atoms with E-state index in [0.29, 0.717) is 18.7 Å². The Hall–Kier alpha value is -2.28. The zero-order valence-electron chi connectivity index (χ0n) is 12.8. The summed E-state index contributed by atoms with van der Waals surface area (Å²) in [5, 5.41) is 11.9. The highest BCUT2D eigenvalue weighted by Crippen LogP contribution is 2.23. The maximum atomic E-state index is 12.6. The largest absolute Gasteiger partial charge is 0.506 e. The number of amides is 1. The second-order valence-electron chi connectivity index (χ2n) is 5.26. The van der Waals surface area contributed by atoms with E-state index in [1.807, 2.05) is 7.05 Å². The Kier molecular flexibility index (Phi) is 5.21. The number of likely N-dealkylation sites (N-methyl/N-ethyl adjacent to an activating group) is 1. The molecule has 1 unspecified atom stereocenters. The van der Waals surface area contributed by atoms with Crippen LogP contribution in [0.1, 0.15) is 11.7 Å². The van der Waals surface area contributed by atoms with Gasteiger partial charge >= 0.3 is 6.16 Å². The van der Waals surface area contributed by atoms with Crippen LogP contribution in [0.25, 0.3) is 0 Å². The lowest BCUT2D eigenvalue weighted by Gasteiger charge is -2.34. The summed E-state index contributed by atoms with van der Waals surface area (Å²) in [7, 11) is 3.78. The van der Waals surface area contributed by atoms with Gasteiger partial charge in [0.25, 0.3) is 5.91 Å². The monoisotopic (exact) mass is 307 g/mol. The summed E-state index contributed by atoms with van der Waals surface area (Å²) in [5.41, 5.74) is 1.41. The topological polar surface area (TPSA) is 82.1 Å². The van der Waals surface area contributed by atoms with Crippen molar-refractivity contribution >= 4 is 17.7 Å². The molecular weight excluding hydrogens is 286 g/mol. The maximum absolute atomic E-state index is 12.6. The molecule has 22 heavy (non-hydrogen) atoms. The quantitative estimate of drug-likeness (QED) is 0.815. The van der Waals surface area contributed by atoms with Gasteiger partial charge in [0, 0.05) is 44.5 Å². The summed E-state index contributed by atoms with van der Waals surface area (Å²) in [4.78, 5) is 27.3. The van der Waals surface area contributed by atoms with E-state index >= 15 is 0 Å². The highest BCUT2D eigenvalue weighted by molar-refractivity contribution is 5.84. The molecule has 7 nitrogen and oxygen atoms in total. The first kappa shape index (κ1) is 16.1. The molecular formula is C15H21N3O4. The van der Waals surface area contributed by atoms with E-state index < -0.39 is 12.3 Å². The van der Waals surface area contributed by atoms with E-state index in [0.717, 1.165) is 18.8 Å². The molecule has 1 amide bonds. The highest BCUT2D eigenvalue weighted by atomic mass is 16.7. The van der Waals surface area contributed by atoms with Crippen LogP contribution in [0.4, 0.5) is 10.5 Å². The van der Waals surface area contributed by atoms with Crippen LogP contribution in [-0.4, -0.2) is 67.2 Å². The molecule has 1 aliphatic heterocycles. The van der Waals surface area contributed by atoms with Crippen molar-refractivity contribution < 1.29 is 19.4 Å². The van der Waals surface area contributed by atoms with Crippen LogP contribution < -0.4 is 5.32 Å². The molecule has 0 saturated carbocycles. The molecule has 120 valence electrons. The van der Waals surface area contributed by atoms with Crippen molar-refractivity contribution in [2.75, 3.05) is 45.6 Å². The lowest BCUT2D eigenvalue weighted by Crippen LogP contribution is -2.49. The number of hydrogen-bond donors (Lipinski definition) is 2. The van der Waals surface area contributed by atoms with Crippen LogP contribution in [0.5, 0.6) is 0 Å². The maximum Gasteiger partial charge on any atom is 0.506 e. The van der Waals surface area contributed by atoms with Crippen molar-refractivity contribution in [1.29, 1.82) is 0 Å². The lowest BCUT2D eigenvalue weighted by molar-refractivity contribution is -0.143. The zero-order valence-corrected chi connectivity index (χ0v) is 12.8. The van der Waals surface area contributed by atoms with E-state index in [4.69, 9.17) is 9.84 Å². The fraction of sp³-hybridized carbons (Fsp3) is 0.467. The molecule has 0 bridgehead atoms. The number of benzene rings is 1. The number of anilines is 1. The van der Waals surface area contributed by atoms with Crippen LogP contribution in [0.15, 0.2) is 24.3 Å². The van der Waals surface area contributed by atoms with Gasteiger partial charge in [-0.25, -0.2) is 4.79 Å². The number of rotatable bonds is 4. The average Bonchev–Trinajstić information content (AvgIpc) is 2.53. The molecule has 7 heteroatoms. The van der Waals surface area contributed by atoms with Gasteiger partial charge in [-0.3, -0.25) is 4.79 Å². The molecule has 0 aromatic heterocycles. The van der Waals surface area contributed by atoms with Crippen molar-refractivity contribution in [3.8, 4) is 0 Å². The van der Waals surface area contributed by atoms with Gasteiger partial charge in [-0.2, -0.15) is 0 Å².